The summed E-state index contributed by atoms with van der Waals surface area (Å²) in [6, 6.07) is 8.83. The lowest BCUT2D eigenvalue weighted by Gasteiger charge is -2.28. The van der Waals surface area contributed by atoms with Gasteiger partial charge in [-0.25, -0.2) is 0 Å². The molecular formula is C19H31IN4S. The Kier molecular flexibility index (Phi) is 9.41. The quantitative estimate of drug-likeness (QED) is 0.378. The maximum absolute atomic E-state index is 4.77. The van der Waals surface area contributed by atoms with E-state index in [1.165, 1.54) is 36.1 Å². The minimum Gasteiger partial charge on any atom is -0.357 e. The van der Waals surface area contributed by atoms with Crippen molar-refractivity contribution in [2.24, 2.45) is 4.99 Å². The molecule has 0 saturated carbocycles. The molecule has 4 nitrogen and oxygen atoms in total. The largest absolute Gasteiger partial charge is 0.357 e. The van der Waals surface area contributed by atoms with Gasteiger partial charge in [-0.1, -0.05) is 24.3 Å². The van der Waals surface area contributed by atoms with E-state index < -0.39 is 0 Å². The molecule has 2 aliphatic heterocycles. The van der Waals surface area contributed by atoms with Crippen LogP contribution in [0.1, 0.15) is 30.9 Å². The molecule has 1 aromatic rings. The molecular weight excluding hydrogens is 443 g/mol. The van der Waals surface area contributed by atoms with Crippen molar-refractivity contribution in [2.75, 3.05) is 38.5 Å². The Morgan fingerprint density at radius 3 is 2.88 bits per heavy atom. The predicted molar refractivity (Wildman–Crippen MR) is 120 cm³/mol. The molecule has 2 aliphatic rings. The predicted octanol–water partition coefficient (Wildman–Crippen LogP) is 3.11. The third-order valence-corrected chi connectivity index (χ3v) is 6.13. The highest BCUT2D eigenvalue weighted by molar-refractivity contribution is 14.0. The fraction of sp³-hybridized carbons (Fsp3) is 0.632. The second-order valence-corrected chi connectivity index (χ2v) is 7.98. The second kappa shape index (κ2) is 11.3. The third kappa shape index (κ3) is 6.64. The number of hydrogen-bond acceptors (Lipinski definition) is 3. The van der Waals surface area contributed by atoms with Crippen LogP contribution in [0.4, 0.5) is 0 Å². The zero-order chi connectivity index (χ0) is 16.6. The van der Waals surface area contributed by atoms with Crippen LogP contribution >= 0.6 is 35.7 Å². The van der Waals surface area contributed by atoms with Crippen LogP contribution < -0.4 is 10.6 Å². The Labute approximate surface area is 173 Å². The van der Waals surface area contributed by atoms with Crippen molar-refractivity contribution in [3.05, 3.63) is 35.4 Å². The zero-order valence-electron chi connectivity index (χ0n) is 15.2. The molecule has 0 aromatic heterocycles. The van der Waals surface area contributed by atoms with Gasteiger partial charge in [-0.15, -0.1) is 24.0 Å². The number of nitrogens with one attached hydrogen (secondary N) is 2. The number of aliphatic imine (C=N–C) groups is 1. The Balaban J connectivity index is 0.00000225. The van der Waals surface area contributed by atoms with Gasteiger partial charge in [-0.2, -0.15) is 11.8 Å². The first kappa shape index (κ1) is 20.8. The number of fused-ring (bicyclic) bond motifs is 1. The van der Waals surface area contributed by atoms with Crippen molar-refractivity contribution >= 4 is 41.7 Å². The van der Waals surface area contributed by atoms with Crippen LogP contribution in [0.3, 0.4) is 0 Å². The molecule has 0 spiro atoms. The fourth-order valence-electron chi connectivity index (χ4n) is 3.40. The van der Waals surface area contributed by atoms with E-state index in [0.29, 0.717) is 0 Å². The minimum absolute atomic E-state index is 0. The van der Waals surface area contributed by atoms with Crippen LogP contribution in [-0.4, -0.2) is 54.6 Å². The lowest BCUT2D eigenvalue weighted by Crippen LogP contribution is -2.42. The summed E-state index contributed by atoms with van der Waals surface area (Å²) in [5.74, 6) is 2.28. The van der Waals surface area contributed by atoms with Crippen molar-refractivity contribution in [1.29, 1.82) is 0 Å². The number of benzene rings is 1. The van der Waals surface area contributed by atoms with E-state index in [1.807, 2.05) is 0 Å². The molecule has 1 unspecified atom stereocenters. The summed E-state index contributed by atoms with van der Waals surface area (Å²) >= 11 is 2.07. The SMILES string of the molecule is CCNC(=NCC1CCCS1)NCCN1CCc2ccccc2C1.I. The highest BCUT2D eigenvalue weighted by Crippen LogP contribution is 2.26. The van der Waals surface area contributed by atoms with Gasteiger partial charge in [0.1, 0.15) is 0 Å². The van der Waals surface area contributed by atoms with Crippen LogP contribution in [0.15, 0.2) is 29.3 Å². The second-order valence-electron chi connectivity index (χ2n) is 6.58. The van der Waals surface area contributed by atoms with Crippen LogP contribution in [0.25, 0.3) is 0 Å². The molecule has 140 valence electrons. The molecule has 3 rings (SSSR count). The van der Waals surface area contributed by atoms with Crippen LogP contribution in [0.5, 0.6) is 0 Å². The molecule has 2 heterocycles. The molecule has 0 aliphatic carbocycles. The Bertz CT molecular complexity index is 546. The van der Waals surface area contributed by atoms with E-state index >= 15 is 0 Å². The summed E-state index contributed by atoms with van der Waals surface area (Å²) in [7, 11) is 0. The van der Waals surface area contributed by atoms with E-state index in [1.54, 1.807) is 0 Å². The number of guanidine groups is 1. The maximum atomic E-state index is 4.77. The first-order valence-electron chi connectivity index (χ1n) is 9.28. The first-order valence-corrected chi connectivity index (χ1v) is 10.3. The summed E-state index contributed by atoms with van der Waals surface area (Å²) in [6.45, 7) is 8.24. The van der Waals surface area contributed by atoms with Gasteiger partial charge in [0.25, 0.3) is 0 Å². The molecule has 0 bridgehead atoms. The average molecular weight is 474 g/mol. The van der Waals surface area contributed by atoms with E-state index in [0.717, 1.165) is 50.5 Å². The molecule has 1 aromatic carbocycles. The first-order chi connectivity index (χ1) is 11.8. The number of hydrogen-bond donors (Lipinski definition) is 2. The topological polar surface area (TPSA) is 39.7 Å². The monoisotopic (exact) mass is 474 g/mol. The van der Waals surface area contributed by atoms with Gasteiger partial charge < -0.3 is 10.6 Å². The molecule has 1 saturated heterocycles. The van der Waals surface area contributed by atoms with Gasteiger partial charge in [0, 0.05) is 38.0 Å². The van der Waals surface area contributed by atoms with Crippen molar-refractivity contribution < 1.29 is 0 Å². The average Bonchev–Trinajstić information content (AvgIpc) is 3.13. The highest BCUT2D eigenvalue weighted by atomic mass is 127. The van der Waals surface area contributed by atoms with Gasteiger partial charge in [0.2, 0.25) is 0 Å². The highest BCUT2D eigenvalue weighted by Gasteiger charge is 2.16. The molecule has 1 fully saturated rings. The summed E-state index contributed by atoms with van der Waals surface area (Å²) < 4.78 is 0. The Hall–Kier alpha value is -0.470. The summed E-state index contributed by atoms with van der Waals surface area (Å²) in [5, 5.41) is 7.60. The summed E-state index contributed by atoms with van der Waals surface area (Å²) in [5.41, 5.74) is 3.01. The van der Waals surface area contributed by atoms with Crippen molar-refractivity contribution in [2.45, 2.75) is 38.0 Å². The van der Waals surface area contributed by atoms with Gasteiger partial charge in [-0.3, -0.25) is 9.89 Å². The van der Waals surface area contributed by atoms with Crippen LogP contribution in [0, 0.1) is 0 Å². The van der Waals surface area contributed by atoms with Gasteiger partial charge >= 0.3 is 0 Å². The smallest absolute Gasteiger partial charge is 0.191 e. The van der Waals surface area contributed by atoms with Crippen molar-refractivity contribution in [1.82, 2.24) is 15.5 Å². The van der Waals surface area contributed by atoms with E-state index in [9.17, 15) is 0 Å². The van der Waals surface area contributed by atoms with E-state index in [-0.39, 0.29) is 24.0 Å². The number of halogens is 1. The third-order valence-electron chi connectivity index (χ3n) is 4.75. The number of thioether (sulfide) groups is 1. The molecule has 0 radical (unpaired) electrons. The van der Waals surface area contributed by atoms with E-state index in [4.69, 9.17) is 4.99 Å². The molecule has 25 heavy (non-hydrogen) atoms. The normalized spacial score (nSPS) is 20.7. The van der Waals surface area contributed by atoms with Gasteiger partial charge in [0.15, 0.2) is 5.96 Å². The Morgan fingerprint density at radius 1 is 1.28 bits per heavy atom. The van der Waals surface area contributed by atoms with Gasteiger partial charge in [0.05, 0.1) is 6.54 Å². The Morgan fingerprint density at radius 2 is 2.12 bits per heavy atom. The maximum Gasteiger partial charge on any atom is 0.191 e. The number of rotatable bonds is 6. The fourth-order valence-corrected chi connectivity index (χ4v) is 4.58. The zero-order valence-corrected chi connectivity index (χ0v) is 18.3. The standard InChI is InChI=1S/C19H30N4S.HI/c1-2-20-19(22-14-18-8-5-13-24-18)21-10-12-23-11-9-16-6-3-4-7-17(16)15-23;/h3-4,6-7,18H,2,5,8-15H2,1H3,(H2,20,21,22);1H. The lowest BCUT2D eigenvalue weighted by atomic mass is 10.00. The molecule has 6 heteroatoms. The van der Waals surface area contributed by atoms with E-state index in [2.05, 4.69) is 58.5 Å². The summed E-state index contributed by atoms with van der Waals surface area (Å²) in [4.78, 5) is 7.30. The van der Waals surface area contributed by atoms with Crippen molar-refractivity contribution in [3.8, 4) is 0 Å². The summed E-state index contributed by atoms with van der Waals surface area (Å²) in [6.07, 6.45) is 3.84. The molecule has 2 N–H and O–H groups in total. The van der Waals surface area contributed by atoms with Gasteiger partial charge in [-0.05, 0) is 43.1 Å². The van der Waals surface area contributed by atoms with Crippen molar-refractivity contribution in [3.63, 3.8) is 0 Å². The van der Waals surface area contributed by atoms with Crippen LogP contribution in [-0.2, 0) is 13.0 Å². The molecule has 1 atom stereocenters. The molecule has 0 amide bonds. The lowest BCUT2D eigenvalue weighted by molar-refractivity contribution is 0.258. The minimum atomic E-state index is 0. The number of nitrogens with zero attached hydrogens (tertiary/aromatic N) is 2. The van der Waals surface area contributed by atoms with Crippen LogP contribution in [0.2, 0.25) is 0 Å².